The van der Waals surface area contributed by atoms with E-state index in [1.54, 1.807) is 0 Å². The molecule has 110 valence electrons. The van der Waals surface area contributed by atoms with Crippen molar-refractivity contribution in [1.29, 1.82) is 0 Å². The first kappa shape index (κ1) is 14.1. The molecule has 3 rings (SSSR count). The van der Waals surface area contributed by atoms with Crippen molar-refractivity contribution in [3.63, 3.8) is 0 Å². The van der Waals surface area contributed by atoms with Gasteiger partial charge in [0.05, 0.1) is 6.54 Å². The van der Waals surface area contributed by atoms with Crippen LogP contribution in [0.5, 0.6) is 0 Å². The standard InChI is InChI=1S/C16H24N2OS/c1-2-14-13-7-11-20-15(13)6-10-18(14)12-16(19)17-8-4-3-5-9-17/h7,11,14H,2-6,8-10,12H2,1H3. The number of nitrogens with zero attached hydrogens (tertiary/aromatic N) is 2. The number of likely N-dealkylation sites (tertiary alicyclic amines) is 1. The van der Waals surface area contributed by atoms with E-state index in [4.69, 9.17) is 0 Å². The van der Waals surface area contributed by atoms with Crippen LogP contribution in [0, 0.1) is 0 Å². The molecule has 0 radical (unpaired) electrons. The summed E-state index contributed by atoms with van der Waals surface area (Å²) in [4.78, 5) is 18.5. The number of carbonyl (C=O) groups is 1. The molecule has 1 amide bonds. The Hall–Kier alpha value is -0.870. The maximum Gasteiger partial charge on any atom is 0.236 e. The Morgan fingerprint density at radius 2 is 2.10 bits per heavy atom. The van der Waals surface area contributed by atoms with Crippen LogP contribution in [0.1, 0.15) is 49.1 Å². The molecule has 1 aromatic rings. The summed E-state index contributed by atoms with van der Waals surface area (Å²) in [5.41, 5.74) is 1.47. The van der Waals surface area contributed by atoms with E-state index in [0.717, 1.165) is 32.5 Å². The molecule has 0 spiro atoms. The second-order valence-corrected chi connectivity index (χ2v) is 6.89. The van der Waals surface area contributed by atoms with Gasteiger partial charge in [0.2, 0.25) is 5.91 Å². The van der Waals surface area contributed by atoms with Gasteiger partial charge in [-0.2, -0.15) is 0 Å². The lowest BCUT2D eigenvalue weighted by molar-refractivity contribution is -0.134. The van der Waals surface area contributed by atoms with E-state index in [9.17, 15) is 4.79 Å². The molecule has 0 bridgehead atoms. The number of hydrogen-bond acceptors (Lipinski definition) is 3. The average molecular weight is 292 g/mol. The number of amides is 1. The highest BCUT2D eigenvalue weighted by molar-refractivity contribution is 7.10. The first-order chi connectivity index (χ1) is 9.79. The average Bonchev–Trinajstić information content (AvgIpc) is 2.96. The molecule has 2 aliphatic rings. The molecule has 0 aromatic carbocycles. The van der Waals surface area contributed by atoms with E-state index in [1.807, 2.05) is 11.3 Å². The summed E-state index contributed by atoms with van der Waals surface area (Å²) in [5, 5.41) is 2.20. The predicted octanol–water partition coefficient (Wildman–Crippen LogP) is 3.07. The van der Waals surface area contributed by atoms with Crippen LogP contribution in [-0.2, 0) is 11.2 Å². The highest BCUT2D eigenvalue weighted by Crippen LogP contribution is 2.35. The zero-order valence-electron chi connectivity index (χ0n) is 12.3. The Labute approximate surface area is 125 Å². The normalized spacial score (nSPS) is 23.6. The number of hydrogen-bond donors (Lipinski definition) is 0. The molecule has 0 saturated carbocycles. The Morgan fingerprint density at radius 1 is 1.30 bits per heavy atom. The fourth-order valence-electron chi connectivity index (χ4n) is 3.53. The van der Waals surface area contributed by atoms with Crippen LogP contribution < -0.4 is 0 Å². The van der Waals surface area contributed by atoms with Crippen LogP contribution in [-0.4, -0.2) is 41.9 Å². The van der Waals surface area contributed by atoms with Crippen molar-refractivity contribution in [2.45, 2.75) is 45.1 Å². The second-order valence-electron chi connectivity index (χ2n) is 5.89. The molecule has 0 N–H and O–H groups in total. The van der Waals surface area contributed by atoms with E-state index < -0.39 is 0 Å². The Kier molecular flexibility index (Phi) is 4.41. The smallest absolute Gasteiger partial charge is 0.236 e. The third-order valence-corrected chi connectivity index (χ3v) is 5.64. The molecule has 0 aliphatic carbocycles. The fourth-order valence-corrected chi connectivity index (χ4v) is 4.46. The van der Waals surface area contributed by atoms with Gasteiger partial charge >= 0.3 is 0 Å². The zero-order chi connectivity index (χ0) is 13.9. The van der Waals surface area contributed by atoms with Crippen molar-refractivity contribution < 1.29 is 4.79 Å². The van der Waals surface area contributed by atoms with Gasteiger partial charge in [0, 0.05) is 30.6 Å². The maximum atomic E-state index is 12.5. The molecular formula is C16H24N2OS. The molecule has 1 unspecified atom stereocenters. The number of carbonyl (C=O) groups excluding carboxylic acids is 1. The van der Waals surface area contributed by atoms with E-state index in [-0.39, 0.29) is 0 Å². The molecule has 2 aliphatic heterocycles. The lowest BCUT2D eigenvalue weighted by Crippen LogP contribution is -2.45. The Balaban J connectivity index is 1.66. The summed E-state index contributed by atoms with van der Waals surface area (Å²) in [7, 11) is 0. The first-order valence-corrected chi connectivity index (χ1v) is 8.75. The minimum absolute atomic E-state index is 0.335. The molecule has 1 saturated heterocycles. The fraction of sp³-hybridized carbons (Fsp3) is 0.688. The second kappa shape index (κ2) is 6.27. The SMILES string of the molecule is CCC1c2ccsc2CCN1CC(=O)N1CCCCC1. The monoisotopic (exact) mass is 292 g/mol. The van der Waals surface area contributed by atoms with Gasteiger partial charge in [0.1, 0.15) is 0 Å². The summed E-state index contributed by atoms with van der Waals surface area (Å²) in [5.74, 6) is 0.335. The third-order valence-electron chi connectivity index (χ3n) is 4.64. The van der Waals surface area contributed by atoms with Crippen molar-refractivity contribution in [3.8, 4) is 0 Å². The summed E-state index contributed by atoms with van der Waals surface area (Å²) in [6, 6.07) is 2.70. The van der Waals surface area contributed by atoms with Gasteiger partial charge in [-0.25, -0.2) is 0 Å². The molecule has 3 nitrogen and oxygen atoms in total. The van der Waals surface area contributed by atoms with Crippen LogP contribution >= 0.6 is 11.3 Å². The number of piperidine rings is 1. The van der Waals surface area contributed by atoms with E-state index in [2.05, 4.69) is 28.2 Å². The molecule has 3 heterocycles. The van der Waals surface area contributed by atoms with Gasteiger partial charge in [-0.1, -0.05) is 6.92 Å². The molecule has 1 fully saturated rings. The van der Waals surface area contributed by atoms with E-state index in [0.29, 0.717) is 18.5 Å². The van der Waals surface area contributed by atoms with Gasteiger partial charge in [0.25, 0.3) is 0 Å². The topological polar surface area (TPSA) is 23.6 Å². The van der Waals surface area contributed by atoms with Crippen LogP contribution in [0.2, 0.25) is 0 Å². The molecule has 1 atom stereocenters. The van der Waals surface area contributed by atoms with Gasteiger partial charge < -0.3 is 4.90 Å². The van der Waals surface area contributed by atoms with Gasteiger partial charge in [-0.15, -0.1) is 11.3 Å². The minimum Gasteiger partial charge on any atom is -0.342 e. The Bertz CT molecular complexity index is 465. The van der Waals surface area contributed by atoms with Crippen molar-refractivity contribution >= 4 is 17.2 Å². The van der Waals surface area contributed by atoms with Crippen molar-refractivity contribution in [2.24, 2.45) is 0 Å². The predicted molar refractivity (Wildman–Crippen MR) is 83.1 cm³/mol. The highest BCUT2D eigenvalue weighted by Gasteiger charge is 2.29. The van der Waals surface area contributed by atoms with Crippen LogP contribution in [0.15, 0.2) is 11.4 Å². The van der Waals surface area contributed by atoms with Crippen LogP contribution in [0.3, 0.4) is 0 Å². The lowest BCUT2D eigenvalue weighted by Gasteiger charge is -2.37. The molecule has 20 heavy (non-hydrogen) atoms. The molecule has 4 heteroatoms. The van der Waals surface area contributed by atoms with Crippen molar-refractivity contribution in [3.05, 3.63) is 21.9 Å². The number of rotatable bonds is 3. The van der Waals surface area contributed by atoms with Crippen LogP contribution in [0.4, 0.5) is 0 Å². The number of thiophene rings is 1. The van der Waals surface area contributed by atoms with Crippen LogP contribution in [0.25, 0.3) is 0 Å². The first-order valence-electron chi connectivity index (χ1n) is 7.87. The Morgan fingerprint density at radius 3 is 2.85 bits per heavy atom. The van der Waals surface area contributed by atoms with E-state index in [1.165, 1.54) is 29.7 Å². The lowest BCUT2D eigenvalue weighted by atomic mass is 9.98. The van der Waals surface area contributed by atoms with Crippen molar-refractivity contribution in [1.82, 2.24) is 9.80 Å². The minimum atomic E-state index is 0.335. The molecule has 1 aromatic heterocycles. The van der Waals surface area contributed by atoms with E-state index >= 15 is 0 Å². The third kappa shape index (κ3) is 2.77. The molecular weight excluding hydrogens is 268 g/mol. The highest BCUT2D eigenvalue weighted by atomic mass is 32.1. The quantitative estimate of drug-likeness (QED) is 0.855. The largest absolute Gasteiger partial charge is 0.342 e. The maximum absolute atomic E-state index is 12.5. The summed E-state index contributed by atoms with van der Waals surface area (Å²) in [6.07, 6.45) is 5.84. The summed E-state index contributed by atoms with van der Waals surface area (Å²) in [6.45, 7) is 5.80. The zero-order valence-corrected chi connectivity index (χ0v) is 13.1. The van der Waals surface area contributed by atoms with Gasteiger partial charge in [-0.3, -0.25) is 9.69 Å². The van der Waals surface area contributed by atoms with Crippen molar-refractivity contribution in [2.75, 3.05) is 26.2 Å². The van der Waals surface area contributed by atoms with Gasteiger partial charge in [-0.05, 0) is 49.1 Å². The van der Waals surface area contributed by atoms with Gasteiger partial charge in [0.15, 0.2) is 0 Å². The summed E-state index contributed by atoms with van der Waals surface area (Å²) < 4.78 is 0. The summed E-state index contributed by atoms with van der Waals surface area (Å²) >= 11 is 1.87. The number of fused-ring (bicyclic) bond motifs is 1.